The van der Waals surface area contributed by atoms with Crippen molar-refractivity contribution in [2.75, 3.05) is 0 Å². The van der Waals surface area contributed by atoms with Crippen molar-refractivity contribution in [1.82, 2.24) is 9.55 Å². The van der Waals surface area contributed by atoms with Gasteiger partial charge in [0.05, 0.1) is 6.42 Å². The molecule has 20 heavy (non-hydrogen) atoms. The van der Waals surface area contributed by atoms with Gasteiger partial charge in [0.25, 0.3) is 0 Å². The van der Waals surface area contributed by atoms with Gasteiger partial charge in [-0.25, -0.2) is 4.79 Å². The third-order valence-electron chi connectivity index (χ3n) is 3.26. The average molecular weight is 292 g/mol. The number of hydrogen-bond acceptors (Lipinski definition) is 4. The van der Waals surface area contributed by atoms with E-state index in [1.807, 2.05) is 17.5 Å². The molecule has 0 aliphatic heterocycles. The standard InChI is InChI=1S/C14H16N2O3S/c1-9-12(8-13(17)18)10(2)16(14(19)15-9)6-5-11-4-3-7-20-11/h3-4,7H,5-6,8H2,1-2H3,(H,17,18). The molecule has 0 aromatic carbocycles. The van der Waals surface area contributed by atoms with E-state index in [2.05, 4.69) is 4.98 Å². The Morgan fingerprint density at radius 3 is 2.80 bits per heavy atom. The fraction of sp³-hybridized carbons (Fsp3) is 0.357. The number of hydrogen-bond donors (Lipinski definition) is 1. The molecule has 0 aliphatic carbocycles. The molecule has 6 heteroatoms. The number of carbonyl (C=O) groups is 1. The van der Waals surface area contributed by atoms with Crippen LogP contribution in [0.5, 0.6) is 0 Å². The SMILES string of the molecule is Cc1nc(=O)n(CCc2cccs2)c(C)c1CC(=O)O. The van der Waals surface area contributed by atoms with Crippen LogP contribution in [0, 0.1) is 13.8 Å². The molecule has 0 aliphatic rings. The minimum Gasteiger partial charge on any atom is -0.481 e. The fourth-order valence-corrected chi connectivity index (χ4v) is 2.88. The summed E-state index contributed by atoms with van der Waals surface area (Å²) in [5.74, 6) is -0.915. The van der Waals surface area contributed by atoms with E-state index in [0.29, 0.717) is 23.5 Å². The van der Waals surface area contributed by atoms with Crippen LogP contribution in [0.4, 0.5) is 0 Å². The normalized spacial score (nSPS) is 10.7. The number of thiophene rings is 1. The molecule has 2 aromatic rings. The largest absolute Gasteiger partial charge is 0.481 e. The smallest absolute Gasteiger partial charge is 0.347 e. The predicted molar refractivity (Wildman–Crippen MR) is 77.3 cm³/mol. The number of carboxylic acids is 1. The van der Waals surface area contributed by atoms with Gasteiger partial charge < -0.3 is 5.11 Å². The number of carboxylic acid groups (broad SMARTS) is 1. The maximum atomic E-state index is 12.0. The monoisotopic (exact) mass is 292 g/mol. The Morgan fingerprint density at radius 1 is 1.45 bits per heavy atom. The second kappa shape index (κ2) is 6.00. The summed E-state index contributed by atoms with van der Waals surface area (Å²) in [6.45, 7) is 3.98. The molecule has 2 rings (SSSR count). The van der Waals surface area contributed by atoms with Crippen LogP contribution in [0.1, 0.15) is 21.8 Å². The Balaban J connectivity index is 2.32. The molecule has 0 spiro atoms. The molecule has 0 saturated heterocycles. The van der Waals surface area contributed by atoms with Crippen molar-refractivity contribution in [2.45, 2.75) is 33.2 Å². The van der Waals surface area contributed by atoms with Gasteiger partial charge in [0, 0.05) is 28.4 Å². The molecular formula is C14H16N2O3S. The minimum absolute atomic E-state index is 0.107. The number of aliphatic carboxylic acids is 1. The lowest BCUT2D eigenvalue weighted by molar-refractivity contribution is -0.136. The van der Waals surface area contributed by atoms with Crippen LogP contribution in [0.3, 0.4) is 0 Å². The van der Waals surface area contributed by atoms with Crippen LogP contribution < -0.4 is 5.69 Å². The Bertz CT molecular complexity index is 674. The minimum atomic E-state index is -0.915. The highest BCUT2D eigenvalue weighted by molar-refractivity contribution is 7.09. The molecule has 0 amide bonds. The van der Waals surface area contributed by atoms with E-state index in [-0.39, 0.29) is 12.1 Å². The molecule has 0 fully saturated rings. The summed E-state index contributed by atoms with van der Waals surface area (Å²) < 4.78 is 1.56. The van der Waals surface area contributed by atoms with E-state index in [1.165, 1.54) is 4.88 Å². The number of rotatable bonds is 5. The molecule has 0 unspecified atom stereocenters. The van der Waals surface area contributed by atoms with Crippen LogP contribution in [-0.2, 0) is 24.2 Å². The first-order valence-electron chi connectivity index (χ1n) is 6.30. The average Bonchev–Trinajstić information content (AvgIpc) is 2.87. The fourth-order valence-electron chi connectivity index (χ4n) is 2.19. The van der Waals surface area contributed by atoms with E-state index < -0.39 is 5.97 Å². The molecular weight excluding hydrogens is 276 g/mol. The van der Waals surface area contributed by atoms with Gasteiger partial charge in [-0.05, 0) is 31.7 Å². The van der Waals surface area contributed by atoms with E-state index >= 15 is 0 Å². The van der Waals surface area contributed by atoms with Gasteiger partial charge in [0.2, 0.25) is 0 Å². The lowest BCUT2D eigenvalue weighted by Gasteiger charge is -2.14. The van der Waals surface area contributed by atoms with E-state index in [9.17, 15) is 9.59 Å². The van der Waals surface area contributed by atoms with Crippen molar-refractivity contribution in [3.8, 4) is 0 Å². The Hall–Kier alpha value is -1.95. The molecule has 2 aromatic heterocycles. The van der Waals surface area contributed by atoms with Gasteiger partial charge in [-0.3, -0.25) is 9.36 Å². The van der Waals surface area contributed by atoms with Crippen molar-refractivity contribution in [3.05, 3.63) is 49.8 Å². The Labute approximate surface area is 120 Å². The summed E-state index contributed by atoms with van der Waals surface area (Å²) in [7, 11) is 0. The van der Waals surface area contributed by atoms with Gasteiger partial charge in [0.15, 0.2) is 0 Å². The molecule has 2 heterocycles. The van der Waals surface area contributed by atoms with Crippen molar-refractivity contribution in [2.24, 2.45) is 0 Å². The summed E-state index contributed by atoms with van der Waals surface area (Å²) in [5, 5.41) is 10.9. The predicted octanol–water partition coefficient (Wildman–Crippen LogP) is 1.79. The topological polar surface area (TPSA) is 72.2 Å². The summed E-state index contributed by atoms with van der Waals surface area (Å²) in [6, 6.07) is 3.99. The number of nitrogens with zero attached hydrogens (tertiary/aromatic N) is 2. The summed E-state index contributed by atoms with van der Waals surface area (Å²) >= 11 is 1.64. The highest BCUT2D eigenvalue weighted by atomic mass is 32.1. The summed E-state index contributed by atoms with van der Waals surface area (Å²) in [6.07, 6.45) is 0.639. The third kappa shape index (κ3) is 3.14. The molecule has 106 valence electrons. The van der Waals surface area contributed by atoms with Gasteiger partial charge in [-0.2, -0.15) is 4.98 Å². The van der Waals surface area contributed by atoms with Crippen LogP contribution >= 0.6 is 11.3 Å². The quantitative estimate of drug-likeness (QED) is 0.912. The highest BCUT2D eigenvalue weighted by Crippen LogP contribution is 2.13. The summed E-state index contributed by atoms with van der Waals surface area (Å²) in [5.41, 5.74) is 1.51. The van der Waals surface area contributed by atoms with Crippen LogP contribution in [0.2, 0.25) is 0 Å². The summed E-state index contributed by atoms with van der Waals surface area (Å²) in [4.78, 5) is 28.0. The van der Waals surface area contributed by atoms with E-state index in [0.717, 1.165) is 6.42 Å². The van der Waals surface area contributed by atoms with Gasteiger partial charge in [-0.1, -0.05) is 6.07 Å². The second-order valence-electron chi connectivity index (χ2n) is 4.60. The van der Waals surface area contributed by atoms with Crippen LogP contribution in [-0.4, -0.2) is 20.6 Å². The number of aromatic nitrogens is 2. The molecule has 0 bridgehead atoms. The first kappa shape index (κ1) is 14.5. The first-order chi connectivity index (χ1) is 9.49. The zero-order chi connectivity index (χ0) is 14.7. The van der Waals surface area contributed by atoms with E-state index in [4.69, 9.17) is 5.11 Å². The van der Waals surface area contributed by atoms with Gasteiger partial charge in [-0.15, -0.1) is 11.3 Å². The molecule has 0 atom stereocenters. The maximum Gasteiger partial charge on any atom is 0.347 e. The molecule has 5 nitrogen and oxygen atoms in total. The van der Waals surface area contributed by atoms with E-state index in [1.54, 1.807) is 29.8 Å². The van der Waals surface area contributed by atoms with Gasteiger partial charge >= 0.3 is 11.7 Å². The van der Waals surface area contributed by atoms with Crippen molar-refractivity contribution in [3.63, 3.8) is 0 Å². The van der Waals surface area contributed by atoms with Crippen molar-refractivity contribution >= 4 is 17.3 Å². The number of aryl methyl sites for hydroxylation is 2. The second-order valence-corrected chi connectivity index (χ2v) is 5.63. The van der Waals surface area contributed by atoms with Gasteiger partial charge in [0.1, 0.15) is 0 Å². The first-order valence-corrected chi connectivity index (χ1v) is 7.18. The Kier molecular flexibility index (Phi) is 4.34. The van der Waals surface area contributed by atoms with Crippen molar-refractivity contribution in [1.29, 1.82) is 0 Å². The lowest BCUT2D eigenvalue weighted by Crippen LogP contribution is -2.29. The molecule has 0 radical (unpaired) electrons. The van der Waals surface area contributed by atoms with Crippen LogP contribution in [0.15, 0.2) is 22.3 Å². The zero-order valence-corrected chi connectivity index (χ0v) is 12.2. The van der Waals surface area contributed by atoms with Crippen LogP contribution in [0.25, 0.3) is 0 Å². The zero-order valence-electron chi connectivity index (χ0n) is 11.4. The third-order valence-corrected chi connectivity index (χ3v) is 4.20. The Morgan fingerprint density at radius 2 is 2.20 bits per heavy atom. The maximum absolute atomic E-state index is 12.0. The van der Waals surface area contributed by atoms with Crippen molar-refractivity contribution < 1.29 is 9.90 Å². The lowest BCUT2D eigenvalue weighted by atomic mass is 10.1. The highest BCUT2D eigenvalue weighted by Gasteiger charge is 2.14. The molecule has 0 saturated carbocycles. The molecule has 1 N–H and O–H groups in total.